The third kappa shape index (κ3) is 4.38. The standard InChI is InChI=1S/C21H22BrN5O2/c1-14-17-6-2-3-7-18(17)21(29)27(25-14)13-26-10-4-5-15(12-26)20(28)24-19-9-8-16(22)11-23-19/h2-3,6-9,11,15H,4-5,10,12-13H2,1H3,(H,23,24,28). The van der Waals surface area contributed by atoms with Gasteiger partial charge in [0.25, 0.3) is 5.56 Å². The molecule has 0 spiro atoms. The lowest BCUT2D eigenvalue weighted by molar-refractivity contribution is -0.121. The number of likely N-dealkylation sites (tertiary alicyclic amines) is 1. The highest BCUT2D eigenvalue weighted by atomic mass is 79.9. The number of fused-ring (bicyclic) bond motifs is 1. The maximum Gasteiger partial charge on any atom is 0.275 e. The molecule has 0 aliphatic carbocycles. The molecule has 29 heavy (non-hydrogen) atoms. The van der Waals surface area contributed by atoms with Gasteiger partial charge in [0.05, 0.1) is 23.7 Å². The van der Waals surface area contributed by atoms with Crippen LogP contribution in [0.2, 0.25) is 0 Å². The number of piperidine rings is 1. The fourth-order valence-corrected chi connectivity index (χ4v) is 4.00. The van der Waals surface area contributed by atoms with Gasteiger partial charge in [-0.15, -0.1) is 0 Å². The van der Waals surface area contributed by atoms with Crippen LogP contribution in [0.15, 0.2) is 51.9 Å². The van der Waals surface area contributed by atoms with Crippen LogP contribution in [0.1, 0.15) is 18.5 Å². The highest BCUT2D eigenvalue weighted by Gasteiger charge is 2.26. The Hall–Kier alpha value is -2.58. The number of aryl methyl sites for hydroxylation is 1. The second kappa shape index (κ2) is 8.42. The van der Waals surface area contributed by atoms with Crippen LogP contribution >= 0.6 is 15.9 Å². The molecule has 1 amide bonds. The summed E-state index contributed by atoms with van der Waals surface area (Å²) >= 11 is 3.34. The van der Waals surface area contributed by atoms with E-state index in [1.54, 1.807) is 12.3 Å². The van der Waals surface area contributed by atoms with Gasteiger partial charge in [0.15, 0.2) is 0 Å². The summed E-state index contributed by atoms with van der Waals surface area (Å²) in [6.07, 6.45) is 3.37. The molecule has 1 atom stereocenters. The molecule has 1 unspecified atom stereocenters. The average molecular weight is 456 g/mol. The SMILES string of the molecule is Cc1nn(CN2CCCC(C(=O)Nc3ccc(Br)cn3)C2)c(=O)c2ccccc12. The fraction of sp³-hybridized carbons (Fsp3) is 0.333. The van der Waals surface area contributed by atoms with Gasteiger partial charge in [-0.05, 0) is 60.4 Å². The lowest BCUT2D eigenvalue weighted by Gasteiger charge is -2.31. The van der Waals surface area contributed by atoms with Gasteiger partial charge in [0, 0.05) is 22.6 Å². The van der Waals surface area contributed by atoms with Gasteiger partial charge in [-0.3, -0.25) is 14.5 Å². The van der Waals surface area contributed by atoms with Crippen molar-refractivity contribution in [2.45, 2.75) is 26.4 Å². The molecule has 1 N–H and O–H groups in total. The van der Waals surface area contributed by atoms with Crippen molar-refractivity contribution in [3.8, 4) is 0 Å². The summed E-state index contributed by atoms with van der Waals surface area (Å²) in [4.78, 5) is 31.8. The number of amides is 1. The molecule has 1 saturated heterocycles. The molecular formula is C21H22BrN5O2. The molecule has 3 heterocycles. The van der Waals surface area contributed by atoms with E-state index in [2.05, 4.69) is 36.2 Å². The van der Waals surface area contributed by atoms with E-state index in [0.29, 0.717) is 24.4 Å². The number of benzene rings is 1. The predicted molar refractivity (Wildman–Crippen MR) is 116 cm³/mol. The number of carbonyl (C=O) groups excluding carboxylic acids is 1. The minimum atomic E-state index is -0.147. The van der Waals surface area contributed by atoms with Gasteiger partial charge in [-0.2, -0.15) is 5.10 Å². The molecule has 1 aromatic carbocycles. The number of nitrogens with one attached hydrogen (secondary N) is 1. The van der Waals surface area contributed by atoms with Gasteiger partial charge < -0.3 is 5.32 Å². The molecule has 3 aromatic rings. The molecule has 0 radical (unpaired) electrons. The molecule has 1 fully saturated rings. The van der Waals surface area contributed by atoms with E-state index in [0.717, 1.165) is 34.9 Å². The van der Waals surface area contributed by atoms with Gasteiger partial charge in [-0.25, -0.2) is 9.67 Å². The summed E-state index contributed by atoms with van der Waals surface area (Å²) in [6, 6.07) is 11.1. The molecule has 150 valence electrons. The van der Waals surface area contributed by atoms with Gasteiger partial charge >= 0.3 is 0 Å². The van der Waals surface area contributed by atoms with Gasteiger partial charge in [-0.1, -0.05) is 18.2 Å². The first-order chi connectivity index (χ1) is 14.0. The first kappa shape index (κ1) is 19.7. The molecular weight excluding hydrogens is 434 g/mol. The largest absolute Gasteiger partial charge is 0.310 e. The summed E-state index contributed by atoms with van der Waals surface area (Å²) in [6.45, 7) is 3.71. The molecule has 7 nitrogen and oxygen atoms in total. The molecule has 0 bridgehead atoms. The zero-order valence-corrected chi connectivity index (χ0v) is 17.7. The van der Waals surface area contributed by atoms with E-state index in [9.17, 15) is 9.59 Å². The van der Waals surface area contributed by atoms with Gasteiger partial charge in [0.1, 0.15) is 5.82 Å². The normalized spacial score (nSPS) is 17.4. The van der Waals surface area contributed by atoms with E-state index >= 15 is 0 Å². The molecule has 2 aromatic heterocycles. The van der Waals surface area contributed by atoms with E-state index < -0.39 is 0 Å². The Bertz CT molecular complexity index is 1100. The number of rotatable bonds is 4. The maximum atomic E-state index is 12.8. The Morgan fingerprint density at radius 2 is 2.03 bits per heavy atom. The second-order valence-electron chi connectivity index (χ2n) is 7.34. The maximum absolute atomic E-state index is 12.8. The second-order valence-corrected chi connectivity index (χ2v) is 8.26. The van der Waals surface area contributed by atoms with Crippen molar-refractivity contribution < 1.29 is 4.79 Å². The summed E-state index contributed by atoms with van der Waals surface area (Å²) < 4.78 is 2.37. The van der Waals surface area contributed by atoms with Crippen molar-refractivity contribution in [3.63, 3.8) is 0 Å². The Morgan fingerprint density at radius 1 is 1.24 bits per heavy atom. The topological polar surface area (TPSA) is 80.1 Å². The lowest BCUT2D eigenvalue weighted by Crippen LogP contribution is -2.43. The lowest BCUT2D eigenvalue weighted by atomic mass is 9.97. The minimum Gasteiger partial charge on any atom is -0.310 e. The molecule has 4 rings (SSSR count). The number of nitrogens with zero attached hydrogens (tertiary/aromatic N) is 4. The van der Waals surface area contributed by atoms with Crippen LogP contribution in [0.3, 0.4) is 0 Å². The van der Waals surface area contributed by atoms with E-state index in [4.69, 9.17) is 0 Å². The number of anilines is 1. The van der Waals surface area contributed by atoms with Crippen LogP contribution in [0.5, 0.6) is 0 Å². The Balaban J connectivity index is 1.47. The van der Waals surface area contributed by atoms with Crippen molar-refractivity contribution >= 4 is 38.4 Å². The molecule has 8 heteroatoms. The molecule has 1 aliphatic heterocycles. The third-order valence-corrected chi connectivity index (χ3v) is 5.71. The predicted octanol–water partition coefficient (Wildman–Crippen LogP) is 3.17. The zero-order chi connectivity index (χ0) is 20.4. The van der Waals surface area contributed by atoms with Crippen LogP contribution in [0.25, 0.3) is 10.8 Å². The van der Waals surface area contributed by atoms with Crippen molar-refractivity contribution in [1.82, 2.24) is 19.7 Å². The van der Waals surface area contributed by atoms with E-state index in [1.807, 2.05) is 37.3 Å². The van der Waals surface area contributed by atoms with Crippen molar-refractivity contribution in [2.24, 2.45) is 5.92 Å². The summed E-state index contributed by atoms with van der Waals surface area (Å²) in [7, 11) is 0. The zero-order valence-electron chi connectivity index (χ0n) is 16.1. The average Bonchev–Trinajstić information content (AvgIpc) is 2.74. The summed E-state index contributed by atoms with van der Waals surface area (Å²) in [5.74, 6) is 0.351. The Morgan fingerprint density at radius 3 is 2.79 bits per heavy atom. The number of pyridine rings is 1. The monoisotopic (exact) mass is 455 g/mol. The van der Waals surface area contributed by atoms with Crippen LogP contribution in [-0.4, -0.2) is 38.7 Å². The Labute approximate surface area is 176 Å². The van der Waals surface area contributed by atoms with Gasteiger partial charge in [0.2, 0.25) is 5.91 Å². The number of hydrogen-bond acceptors (Lipinski definition) is 5. The van der Waals surface area contributed by atoms with E-state index in [1.165, 1.54) is 4.68 Å². The van der Waals surface area contributed by atoms with Crippen LogP contribution in [0, 0.1) is 12.8 Å². The minimum absolute atomic E-state index is 0.0421. The van der Waals surface area contributed by atoms with Crippen LogP contribution in [-0.2, 0) is 11.5 Å². The fourth-order valence-electron chi connectivity index (χ4n) is 3.77. The van der Waals surface area contributed by atoms with Crippen molar-refractivity contribution in [3.05, 3.63) is 63.1 Å². The van der Waals surface area contributed by atoms with Crippen molar-refractivity contribution in [2.75, 3.05) is 18.4 Å². The highest BCUT2D eigenvalue weighted by molar-refractivity contribution is 9.10. The quantitative estimate of drug-likeness (QED) is 0.653. The summed E-state index contributed by atoms with van der Waals surface area (Å²) in [5.41, 5.74) is 0.727. The number of halogens is 1. The van der Waals surface area contributed by atoms with E-state index in [-0.39, 0.29) is 17.4 Å². The van der Waals surface area contributed by atoms with Crippen LogP contribution in [0.4, 0.5) is 5.82 Å². The Kier molecular flexibility index (Phi) is 5.73. The smallest absolute Gasteiger partial charge is 0.275 e. The molecule has 0 saturated carbocycles. The van der Waals surface area contributed by atoms with Crippen molar-refractivity contribution in [1.29, 1.82) is 0 Å². The first-order valence-electron chi connectivity index (χ1n) is 9.62. The highest BCUT2D eigenvalue weighted by Crippen LogP contribution is 2.20. The number of hydrogen-bond donors (Lipinski definition) is 1. The first-order valence-corrected chi connectivity index (χ1v) is 10.4. The molecule has 1 aliphatic rings. The number of aromatic nitrogens is 3. The third-order valence-electron chi connectivity index (χ3n) is 5.24. The van der Waals surface area contributed by atoms with Crippen LogP contribution < -0.4 is 10.9 Å². The summed E-state index contributed by atoms with van der Waals surface area (Å²) in [5, 5.41) is 8.93. The number of carbonyl (C=O) groups is 1.